The normalized spacial score (nSPS) is 14.8. The third-order valence-electron chi connectivity index (χ3n) is 7.37. The van der Waals surface area contributed by atoms with Gasteiger partial charge in [0.05, 0.1) is 0 Å². The molecule has 1 nitrogen and oxygen atoms in total. The molecular formula is C34H37N. The minimum Gasteiger partial charge on any atom is -0.336 e. The van der Waals surface area contributed by atoms with Gasteiger partial charge in [-0.05, 0) is 83.8 Å². The van der Waals surface area contributed by atoms with Gasteiger partial charge < -0.3 is 4.90 Å². The molecular weight excluding hydrogens is 422 g/mol. The molecule has 1 aliphatic rings. The van der Waals surface area contributed by atoms with Gasteiger partial charge in [-0.25, -0.2) is 0 Å². The van der Waals surface area contributed by atoms with Gasteiger partial charge in [0.25, 0.3) is 0 Å². The Morgan fingerprint density at radius 1 is 0.714 bits per heavy atom. The lowest BCUT2D eigenvalue weighted by Gasteiger charge is -2.40. The summed E-state index contributed by atoms with van der Waals surface area (Å²) in [7, 11) is 0. The lowest BCUT2D eigenvalue weighted by atomic mass is 9.81. The molecule has 0 saturated carbocycles. The second kappa shape index (κ2) is 8.41. The van der Waals surface area contributed by atoms with Crippen molar-refractivity contribution in [1.29, 1.82) is 0 Å². The number of nitrogens with zero attached hydrogens (tertiary/aromatic N) is 1. The van der Waals surface area contributed by atoms with Gasteiger partial charge in [0.2, 0.25) is 0 Å². The van der Waals surface area contributed by atoms with Gasteiger partial charge in [0.15, 0.2) is 0 Å². The number of fused-ring (bicyclic) bond motifs is 3. The smallest absolute Gasteiger partial charge is 0.0457 e. The van der Waals surface area contributed by atoms with Crippen molar-refractivity contribution in [3.8, 4) is 22.3 Å². The Bertz CT molecular complexity index is 1400. The fraction of sp³-hybridized carbons (Fsp3) is 0.294. The molecule has 0 fully saturated rings. The average Bonchev–Trinajstić information content (AvgIpc) is 3.05. The molecule has 0 amide bonds. The van der Waals surface area contributed by atoms with Gasteiger partial charge in [-0.1, -0.05) is 100 Å². The van der Waals surface area contributed by atoms with Crippen LogP contribution >= 0.6 is 0 Å². The van der Waals surface area contributed by atoms with Gasteiger partial charge in [-0.3, -0.25) is 0 Å². The first-order valence-electron chi connectivity index (χ1n) is 13.1. The van der Waals surface area contributed by atoms with Crippen LogP contribution in [0.2, 0.25) is 0 Å². The first kappa shape index (κ1) is 22.2. The summed E-state index contributed by atoms with van der Waals surface area (Å²) in [6.07, 6.45) is 0. The SMILES string of the molecule is [2H]C(C)(C)c1c(N(c2ccc(-c3ccccc3)cc2)C(C)(C)C)ccc2c1-c1ccccc1C2(C)C. The molecule has 1 aliphatic carbocycles. The summed E-state index contributed by atoms with van der Waals surface area (Å²) >= 11 is 0. The first-order valence-corrected chi connectivity index (χ1v) is 12.6. The standard InChI is InChI=1S/C34H37N/c1-23(2)31-30(22-21-29-32(31)27-15-11-12-16-28(27)34(29,6)7)35(33(3,4)5)26-19-17-25(18-20-26)24-13-9-8-10-14-24/h8-23H,1-7H3/i23D. The highest BCUT2D eigenvalue weighted by Gasteiger charge is 2.39. The number of hydrogen-bond acceptors (Lipinski definition) is 1. The van der Waals surface area contributed by atoms with Gasteiger partial charge in [-0.15, -0.1) is 0 Å². The number of rotatable bonds is 4. The fourth-order valence-electron chi connectivity index (χ4n) is 5.80. The van der Waals surface area contributed by atoms with Crippen LogP contribution in [0.4, 0.5) is 11.4 Å². The summed E-state index contributed by atoms with van der Waals surface area (Å²) in [6.45, 7) is 15.4. The molecule has 5 rings (SSSR count). The third kappa shape index (κ3) is 3.88. The van der Waals surface area contributed by atoms with Crippen LogP contribution in [0.1, 0.15) is 72.4 Å². The predicted molar refractivity (Wildman–Crippen MR) is 152 cm³/mol. The molecule has 4 aromatic rings. The molecule has 0 N–H and O–H groups in total. The van der Waals surface area contributed by atoms with Crippen LogP contribution in [0, 0.1) is 0 Å². The van der Waals surface area contributed by atoms with Crippen LogP contribution in [0.5, 0.6) is 0 Å². The second-order valence-corrected chi connectivity index (χ2v) is 11.5. The number of hydrogen-bond donors (Lipinski definition) is 0. The van der Waals surface area contributed by atoms with E-state index in [4.69, 9.17) is 0 Å². The maximum absolute atomic E-state index is 9.33. The predicted octanol–water partition coefficient (Wildman–Crippen LogP) is 9.72. The molecule has 0 spiro atoms. The Balaban J connectivity index is 1.74. The number of benzene rings is 4. The molecule has 4 aromatic carbocycles. The molecule has 0 bridgehead atoms. The Morgan fingerprint density at radius 3 is 1.94 bits per heavy atom. The van der Waals surface area contributed by atoms with Gasteiger partial charge in [0, 0.05) is 23.7 Å². The van der Waals surface area contributed by atoms with Crippen molar-refractivity contribution >= 4 is 11.4 Å². The molecule has 0 atom stereocenters. The molecule has 0 radical (unpaired) electrons. The topological polar surface area (TPSA) is 3.24 Å². The van der Waals surface area contributed by atoms with Crippen molar-refractivity contribution in [2.24, 2.45) is 0 Å². The second-order valence-electron chi connectivity index (χ2n) is 11.5. The monoisotopic (exact) mass is 460 g/mol. The molecule has 0 unspecified atom stereocenters. The lowest BCUT2D eigenvalue weighted by molar-refractivity contribution is 0.557. The van der Waals surface area contributed by atoms with Crippen LogP contribution in [0.25, 0.3) is 22.3 Å². The molecule has 0 aliphatic heterocycles. The van der Waals surface area contributed by atoms with Crippen molar-refractivity contribution in [3.63, 3.8) is 0 Å². The fourth-order valence-corrected chi connectivity index (χ4v) is 5.80. The first-order chi connectivity index (χ1) is 16.9. The Morgan fingerprint density at radius 2 is 1.31 bits per heavy atom. The summed E-state index contributed by atoms with van der Waals surface area (Å²) in [4.78, 5) is 2.42. The maximum atomic E-state index is 9.33. The van der Waals surface area contributed by atoms with Gasteiger partial charge >= 0.3 is 0 Å². The van der Waals surface area contributed by atoms with E-state index in [1.807, 2.05) is 13.8 Å². The summed E-state index contributed by atoms with van der Waals surface area (Å²) < 4.78 is 9.33. The van der Waals surface area contributed by atoms with Gasteiger partial charge in [0.1, 0.15) is 0 Å². The van der Waals surface area contributed by atoms with Crippen LogP contribution < -0.4 is 4.90 Å². The van der Waals surface area contributed by atoms with E-state index in [0.29, 0.717) is 0 Å². The summed E-state index contributed by atoms with van der Waals surface area (Å²) in [5.74, 6) is -0.776. The molecule has 1 heteroatoms. The van der Waals surface area contributed by atoms with Crippen LogP contribution in [0.3, 0.4) is 0 Å². The molecule has 35 heavy (non-hydrogen) atoms. The zero-order chi connectivity index (χ0) is 25.9. The summed E-state index contributed by atoms with van der Waals surface area (Å²) in [6, 6.07) is 32.7. The van der Waals surface area contributed by atoms with Crippen molar-refractivity contribution in [1.82, 2.24) is 0 Å². The van der Waals surface area contributed by atoms with Crippen LogP contribution in [-0.4, -0.2) is 5.54 Å². The highest BCUT2D eigenvalue weighted by molar-refractivity contribution is 5.89. The van der Waals surface area contributed by atoms with E-state index in [2.05, 4.69) is 131 Å². The van der Waals surface area contributed by atoms with Gasteiger partial charge in [-0.2, -0.15) is 0 Å². The van der Waals surface area contributed by atoms with Crippen LogP contribution in [0.15, 0.2) is 91.0 Å². The van der Waals surface area contributed by atoms with E-state index in [0.717, 1.165) is 16.9 Å². The minimum absolute atomic E-state index is 0.0889. The van der Waals surface area contributed by atoms with Crippen molar-refractivity contribution in [2.75, 3.05) is 4.90 Å². The molecule has 0 saturated heterocycles. The van der Waals surface area contributed by atoms with Crippen molar-refractivity contribution in [2.45, 2.75) is 65.3 Å². The van der Waals surface area contributed by atoms with E-state index in [1.54, 1.807) is 0 Å². The minimum atomic E-state index is -0.776. The summed E-state index contributed by atoms with van der Waals surface area (Å²) in [5.41, 5.74) is 10.7. The maximum Gasteiger partial charge on any atom is 0.0457 e. The van der Waals surface area contributed by atoms with E-state index in [-0.39, 0.29) is 11.0 Å². The number of anilines is 2. The van der Waals surface area contributed by atoms with Crippen molar-refractivity contribution < 1.29 is 1.37 Å². The third-order valence-corrected chi connectivity index (χ3v) is 7.37. The largest absolute Gasteiger partial charge is 0.336 e. The molecule has 178 valence electrons. The highest BCUT2D eigenvalue weighted by atomic mass is 15.2. The van der Waals surface area contributed by atoms with E-state index in [9.17, 15) is 1.37 Å². The Labute approximate surface area is 212 Å². The zero-order valence-electron chi connectivity index (χ0n) is 23.1. The van der Waals surface area contributed by atoms with E-state index < -0.39 is 5.89 Å². The molecule has 0 aromatic heterocycles. The Kier molecular flexibility index (Phi) is 5.33. The van der Waals surface area contributed by atoms with E-state index >= 15 is 0 Å². The van der Waals surface area contributed by atoms with E-state index in [1.165, 1.54) is 33.4 Å². The average molecular weight is 461 g/mol. The quantitative estimate of drug-likeness (QED) is 0.293. The lowest BCUT2D eigenvalue weighted by Crippen LogP contribution is -2.38. The highest BCUT2D eigenvalue weighted by Crippen LogP contribution is 2.54. The molecule has 0 heterocycles. The summed E-state index contributed by atoms with van der Waals surface area (Å²) in [5, 5.41) is 0. The van der Waals surface area contributed by atoms with Crippen molar-refractivity contribution in [3.05, 3.63) is 108 Å². The van der Waals surface area contributed by atoms with Crippen LogP contribution in [-0.2, 0) is 5.41 Å². The Hall–Kier alpha value is -3.32. The zero-order valence-corrected chi connectivity index (χ0v) is 22.1.